The second-order valence-corrected chi connectivity index (χ2v) is 9.55. The molecule has 1 aromatic heterocycles. The number of carbonyl (C=O) groups is 2. The number of hydrogen-bond acceptors (Lipinski definition) is 11. The van der Waals surface area contributed by atoms with Gasteiger partial charge in [0, 0.05) is 12.1 Å². The van der Waals surface area contributed by atoms with Crippen LogP contribution in [0.3, 0.4) is 0 Å². The van der Waals surface area contributed by atoms with E-state index in [1.807, 2.05) is 0 Å². The van der Waals surface area contributed by atoms with Crippen LogP contribution in [0.25, 0.3) is 17.0 Å². The summed E-state index contributed by atoms with van der Waals surface area (Å²) < 4.78 is 23.1. The summed E-state index contributed by atoms with van der Waals surface area (Å²) in [7, 11) is 1.36. The number of Topliss-reactive ketones (excluding diaryl/α,β-unsaturated/α-hetero) is 1. The number of methoxy groups -OCH3 is 1. The Morgan fingerprint density at radius 1 is 1.10 bits per heavy atom. The summed E-state index contributed by atoms with van der Waals surface area (Å²) in [5.41, 5.74) is 0.735. The number of hydrogen-bond donors (Lipinski definition) is 4. The molecule has 0 aliphatic carbocycles. The molecule has 2 aromatic carbocycles. The van der Waals surface area contributed by atoms with Crippen LogP contribution in [-0.2, 0) is 25.5 Å². The highest BCUT2D eigenvalue weighted by Gasteiger charge is 2.49. The third-order valence-electron chi connectivity index (χ3n) is 6.60. The first-order chi connectivity index (χ1) is 19.0. The van der Waals surface area contributed by atoms with Crippen molar-refractivity contribution in [3.05, 3.63) is 75.1 Å². The standard InChI is InChI=1S/C29H30O11/c1-14-10-20(37-3)24(27-23(14)19(33)12-18(38-27)11-15(2)31)28-29(26(36)25(35)21(13-30)39-28)40-22(34)9-6-16-4-7-17(32)8-5-16/h4-10,12,21,25-26,28-30,32,35-36H,11,13H2,1-3H3/b9-6+/t21-,25-,26+,28+,29-/m1/s1. The van der Waals surface area contributed by atoms with Gasteiger partial charge in [-0.2, -0.15) is 0 Å². The number of ether oxygens (including phenoxy) is 3. The number of aromatic hydroxyl groups is 1. The van der Waals surface area contributed by atoms with E-state index in [0.717, 1.165) is 6.08 Å². The minimum atomic E-state index is -1.71. The van der Waals surface area contributed by atoms with Crippen molar-refractivity contribution in [2.45, 2.75) is 50.8 Å². The minimum absolute atomic E-state index is 0.00781. The van der Waals surface area contributed by atoms with E-state index in [0.29, 0.717) is 11.1 Å². The lowest BCUT2D eigenvalue weighted by Crippen LogP contribution is -2.56. The van der Waals surface area contributed by atoms with Gasteiger partial charge in [0.05, 0.1) is 31.1 Å². The molecule has 0 bridgehead atoms. The van der Waals surface area contributed by atoms with Crippen molar-refractivity contribution in [1.29, 1.82) is 0 Å². The monoisotopic (exact) mass is 554 g/mol. The topological polar surface area (TPSA) is 173 Å². The van der Waals surface area contributed by atoms with Gasteiger partial charge in [0.15, 0.2) is 11.5 Å². The minimum Gasteiger partial charge on any atom is -0.508 e. The molecule has 0 saturated carbocycles. The van der Waals surface area contributed by atoms with E-state index in [2.05, 4.69) is 0 Å². The first kappa shape index (κ1) is 29.0. The number of benzene rings is 2. The maximum absolute atomic E-state index is 13.1. The van der Waals surface area contributed by atoms with Crippen LogP contribution < -0.4 is 10.2 Å². The number of fused-ring (bicyclic) bond motifs is 1. The predicted molar refractivity (Wildman–Crippen MR) is 142 cm³/mol. The van der Waals surface area contributed by atoms with Crippen LogP contribution in [0.2, 0.25) is 0 Å². The largest absolute Gasteiger partial charge is 0.508 e. The Bertz CT molecular complexity index is 1490. The Balaban J connectivity index is 1.83. The molecule has 11 nitrogen and oxygen atoms in total. The summed E-state index contributed by atoms with van der Waals surface area (Å²) in [5, 5.41) is 41.0. The average Bonchev–Trinajstić information content (AvgIpc) is 2.90. The number of ketones is 1. The normalized spacial score (nSPS) is 22.9. The third kappa shape index (κ3) is 5.92. The highest BCUT2D eigenvalue weighted by Crippen LogP contribution is 2.43. The molecule has 0 radical (unpaired) electrons. The molecule has 4 N–H and O–H groups in total. The van der Waals surface area contributed by atoms with Gasteiger partial charge < -0.3 is 39.1 Å². The fraction of sp³-hybridized carbons (Fsp3) is 0.345. The molecule has 0 amide bonds. The summed E-state index contributed by atoms with van der Waals surface area (Å²) in [6.45, 7) is 2.33. The molecule has 3 aromatic rings. The Hall–Kier alpha value is -4.03. The predicted octanol–water partition coefficient (Wildman–Crippen LogP) is 1.73. The van der Waals surface area contributed by atoms with Crippen LogP contribution in [0, 0.1) is 6.92 Å². The molecule has 1 aliphatic heterocycles. The van der Waals surface area contributed by atoms with Crippen molar-refractivity contribution in [1.82, 2.24) is 0 Å². The molecule has 5 atom stereocenters. The number of aryl methyl sites for hydroxylation is 1. The van der Waals surface area contributed by atoms with Crippen molar-refractivity contribution in [3.63, 3.8) is 0 Å². The fourth-order valence-electron chi connectivity index (χ4n) is 4.71. The van der Waals surface area contributed by atoms with Gasteiger partial charge in [-0.25, -0.2) is 4.79 Å². The third-order valence-corrected chi connectivity index (χ3v) is 6.60. The number of phenols is 1. The quantitative estimate of drug-likeness (QED) is 0.236. The van der Waals surface area contributed by atoms with Gasteiger partial charge in [-0.15, -0.1) is 0 Å². The van der Waals surface area contributed by atoms with Gasteiger partial charge in [-0.05, 0) is 49.2 Å². The zero-order chi connectivity index (χ0) is 29.1. The molecule has 2 heterocycles. The molecule has 0 unspecified atom stereocenters. The lowest BCUT2D eigenvalue weighted by atomic mass is 9.89. The van der Waals surface area contributed by atoms with Gasteiger partial charge in [0.2, 0.25) is 0 Å². The van der Waals surface area contributed by atoms with E-state index < -0.39 is 48.5 Å². The Labute approximate surface area is 228 Å². The number of phenolic OH excluding ortho intramolecular Hbond substituents is 1. The Morgan fingerprint density at radius 3 is 2.42 bits per heavy atom. The van der Waals surface area contributed by atoms with Gasteiger partial charge in [0.25, 0.3) is 0 Å². The van der Waals surface area contributed by atoms with Crippen LogP contribution in [0.1, 0.15) is 35.5 Å². The number of aliphatic hydroxyl groups is 3. The molecular weight excluding hydrogens is 524 g/mol. The fourth-order valence-corrected chi connectivity index (χ4v) is 4.71. The number of rotatable bonds is 8. The Morgan fingerprint density at radius 2 is 1.80 bits per heavy atom. The molecule has 4 rings (SSSR count). The van der Waals surface area contributed by atoms with E-state index in [-0.39, 0.29) is 46.0 Å². The summed E-state index contributed by atoms with van der Waals surface area (Å²) >= 11 is 0. The molecular formula is C29H30O11. The lowest BCUT2D eigenvalue weighted by Gasteiger charge is -2.42. The molecule has 1 saturated heterocycles. The summed E-state index contributed by atoms with van der Waals surface area (Å²) in [4.78, 5) is 37.7. The second kappa shape index (κ2) is 12.0. The van der Waals surface area contributed by atoms with Crippen LogP contribution in [0.5, 0.6) is 11.5 Å². The van der Waals surface area contributed by atoms with Crippen molar-refractivity contribution in [3.8, 4) is 11.5 Å². The van der Waals surface area contributed by atoms with E-state index in [9.17, 15) is 34.8 Å². The zero-order valence-electron chi connectivity index (χ0n) is 22.1. The van der Waals surface area contributed by atoms with Crippen LogP contribution >= 0.6 is 0 Å². The van der Waals surface area contributed by atoms with Crippen LogP contribution in [0.4, 0.5) is 0 Å². The van der Waals surface area contributed by atoms with Gasteiger partial charge >= 0.3 is 5.97 Å². The maximum Gasteiger partial charge on any atom is 0.331 e. The van der Waals surface area contributed by atoms with Crippen LogP contribution in [0.15, 0.2) is 51.7 Å². The SMILES string of the molecule is COc1cc(C)c2c(=O)cc(CC(C)=O)oc2c1[C@@H]1O[C@H](CO)[C@@H](O)[C@H](O)[C@H]1OC(=O)/C=C/c1ccc(O)cc1. The van der Waals surface area contributed by atoms with Crippen LogP contribution in [-0.4, -0.2) is 70.3 Å². The molecule has 1 fully saturated rings. The first-order valence-electron chi connectivity index (χ1n) is 12.5. The van der Waals surface area contributed by atoms with E-state index >= 15 is 0 Å². The maximum atomic E-state index is 13.1. The summed E-state index contributed by atoms with van der Waals surface area (Å²) in [5.74, 6) is -0.841. The van der Waals surface area contributed by atoms with E-state index in [1.165, 1.54) is 38.3 Å². The molecule has 11 heteroatoms. The molecule has 1 aliphatic rings. The molecule has 40 heavy (non-hydrogen) atoms. The average molecular weight is 555 g/mol. The van der Waals surface area contributed by atoms with Crippen molar-refractivity contribution in [2.24, 2.45) is 0 Å². The lowest BCUT2D eigenvalue weighted by molar-refractivity contribution is -0.239. The summed E-state index contributed by atoms with van der Waals surface area (Å²) in [6, 6.07) is 8.79. The van der Waals surface area contributed by atoms with Gasteiger partial charge in [0.1, 0.15) is 53.0 Å². The van der Waals surface area contributed by atoms with Gasteiger partial charge in [-0.1, -0.05) is 12.1 Å². The van der Waals surface area contributed by atoms with Crippen molar-refractivity contribution < 1.29 is 48.6 Å². The smallest absolute Gasteiger partial charge is 0.331 e. The van der Waals surface area contributed by atoms with Crippen molar-refractivity contribution >= 4 is 28.8 Å². The van der Waals surface area contributed by atoms with E-state index in [4.69, 9.17) is 18.6 Å². The molecule has 212 valence electrons. The number of carbonyl (C=O) groups excluding carboxylic acids is 2. The second-order valence-electron chi connectivity index (χ2n) is 9.55. The first-order valence-corrected chi connectivity index (χ1v) is 12.5. The molecule has 0 spiro atoms. The highest BCUT2D eigenvalue weighted by atomic mass is 16.6. The van der Waals surface area contributed by atoms with E-state index in [1.54, 1.807) is 25.1 Å². The summed E-state index contributed by atoms with van der Waals surface area (Å²) in [6.07, 6.45) is -5.15. The Kier molecular flexibility index (Phi) is 8.70. The number of esters is 1. The zero-order valence-corrected chi connectivity index (χ0v) is 22.1. The van der Waals surface area contributed by atoms with Gasteiger partial charge in [-0.3, -0.25) is 9.59 Å². The highest BCUT2D eigenvalue weighted by molar-refractivity contribution is 5.88. The van der Waals surface area contributed by atoms with Crippen molar-refractivity contribution in [2.75, 3.05) is 13.7 Å². The number of aliphatic hydroxyl groups excluding tert-OH is 3.